The second-order valence-electron chi connectivity index (χ2n) is 3.91. The number of nitrogens with zero attached hydrogens (tertiary/aromatic N) is 1. The summed E-state index contributed by atoms with van der Waals surface area (Å²) in [7, 11) is 1.54. The average Bonchev–Trinajstić information content (AvgIpc) is 2.38. The minimum atomic E-state index is -0.971. The van der Waals surface area contributed by atoms with E-state index < -0.39 is 5.97 Å². The van der Waals surface area contributed by atoms with Crippen molar-refractivity contribution in [2.45, 2.75) is 6.92 Å². The maximum atomic E-state index is 11.3. The van der Waals surface area contributed by atoms with E-state index in [1.165, 1.54) is 7.11 Å². The molecule has 0 aliphatic carbocycles. The zero-order valence-corrected chi connectivity index (χ0v) is 10.2. The summed E-state index contributed by atoms with van der Waals surface area (Å²) in [6.07, 6.45) is 1.61. The molecule has 0 aliphatic rings. The summed E-state index contributed by atoms with van der Waals surface area (Å²) in [6.45, 7) is 1.85. The number of carboxylic acid groups (broad SMARTS) is 1. The van der Waals surface area contributed by atoms with Crippen molar-refractivity contribution in [1.82, 2.24) is 4.98 Å². The standard InChI is InChI=1S/C14H13NO3/c1-9-5-6-10(11(8-9)14(16)17)13-12(18-2)4-3-7-15-13/h3-8H,1-2H3,(H,16,17). The van der Waals surface area contributed by atoms with Crippen molar-refractivity contribution in [1.29, 1.82) is 0 Å². The fourth-order valence-corrected chi connectivity index (χ4v) is 1.80. The van der Waals surface area contributed by atoms with Gasteiger partial charge in [-0.25, -0.2) is 4.79 Å². The SMILES string of the molecule is COc1cccnc1-c1ccc(C)cc1C(=O)O. The zero-order valence-electron chi connectivity index (χ0n) is 10.2. The normalized spacial score (nSPS) is 10.1. The predicted molar refractivity (Wildman–Crippen MR) is 67.9 cm³/mol. The Hall–Kier alpha value is -2.36. The smallest absolute Gasteiger partial charge is 0.336 e. The van der Waals surface area contributed by atoms with E-state index in [1.807, 2.05) is 13.0 Å². The molecule has 0 amide bonds. The molecule has 0 bridgehead atoms. The average molecular weight is 243 g/mol. The molecule has 2 rings (SSSR count). The number of aryl methyl sites for hydroxylation is 1. The highest BCUT2D eigenvalue weighted by atomic mass is 16.5. The van der Waals surface area contributed by atoms with Gasteiger partial charge in [-0.3, -0.25) is 4.98 Å². The Labute approximate surface area is 105 Å². The number of ether oxygens (including phenoxy) is 1. The summed E-state index contributed by atoms with van der Waals surface area (Å²) >= 11 is 0. The van der Waals surface area contributed by atoms with Gasteiger partial charge in [0, 0.05) is 11.8 Å². The van der Waals surface area contributed by atoms with Gasteiger partial charge in [-0.15, -0.1) is 0 Å². The highest BCUT2D eigenvalue weighted by molar-refractivity contribution is 5.96. The van der Waals surface area contributed by atoms with Crippen molar-refractivity contribution in [3.63, 3.8) is 0 Å². The van der Waals surface area contributed by atoms with Crippen LogP contribution in [0.1, 0.15) is 15.9 Å². The number of aromatic carboxylic acids is 1. The number of aromatic nitrogens is 1. The van der Waals surface area contributed by atoms with Crippen molar-refractivity contribution in [2.75, 3.05) is 7.11 Å². The Morgan fingerprint density at radius 2 is 2.11 bits per heavy atom. The Morgan fingerprint density at radius 1 is 1.33 bits per heavy atom. The number of carbonyl (C=O) groups is 1. The first-order valence-corrected chi connectivity index (χ1v) is 5.47. The predicted octanol–water partition coefficient (Wildman–Crippen LogP) is 2.76. The summed E-state index contributed by atoms with van der Waals surface area (Å²) in [6, 6.07) is 8.75. The van der Waals surface area contributed by atoms with E-state index in [-0.39, 0.29) is 5.56 Å². The number of pyridine rings is 1. The first-order chi connectivity index (χ1) is 8.63. The minimum Gasteiger partial charge on any atom is -0.494 e. The molecule has 4 heteroatoms. The molecule has 1 heterocycles. The third-order valence-corrected chi connectivity index (χ3v) is 2.65. The summed E-state index contributed by atoms with van der Waals surface area (Å²) in [5.74, 6) is -0.412. The van der Waals surface area contributed by atoms with Gasteiger partial charge in [0.1, 0.15) is 11.4 Å². The van der Waals surface area contributed by atoms with Crippen LogP contribution in [0.4, 0.5) is 0 Å². The van der Waals surface area contributed by atoms with Crippen LogP contribution in [0, 0.1) is 6.92 Å². The lowest BCUT2D eigenvalue weighted by Gasteiger charge is -2.10. The monoisotopic (exact) mass is 243 g/mol. The molecule has 92 valence electrons. The van der Waals surface area contributed by atoms with E-state index in [4.69, 9.17) is 4.74 Å². The molecule has 2 aromatic rings. The largest absolute Gasteiger partial charge is 0.494 e. The number of carboxylic acids is 1. The van der Waals surface area contributed by atoms with Crippen molar-refractivity contribution in [2.24, 2.45) is 0 Å². The summed E-state index contributed by atoms with van der Waals surface area (Å²) in [4.78, 5) is 15.5. The lowest BCUT2D eigenvalue weighted by atomic mass is 10.0. The van der Waals surface area contributed by atoms with E-state index >= 15 is 0 Å². The van der Waals surface area contributed by atoms with Gasteiger partial charge in [0.25, 0.3) is 0 Å². The van der Waals surface area contributed by atoms with E-state index in [2.05, 4.69) is 4.98 Å². The number of hydrogen-bond donors (Lipinski definition) is 1. The molecule has 0 atom stereocenters. The van der Waals surface area contributed by atoms with Crippen molar-refractivity contribution in [3.8, 4) is 17.0 Å². The molecular weight excluding hydrogens is 230 g/mol. The highest BCUT2D eigenvalue weighted by Gasteiger charge is 2.15. The van der Waals surface area contributed by atoms with E-state index in [0.717, 1.165) is 5.56 Å². The van der Waals surface area contributed by atoms with Gasteiger partial charge in [-0.2, -0.15) is 0 Å². The van der Waals surface area contributed by atoms with Crippen molar-refractivity contribution < 1.29 is 14.6 Å². The first kappa shape index (κ1) is 12.1. The van der Waals surface area contributed by atoms with Crippen LogP contribution in [0.3, 0.4) is 0 Å². The molecule has 0 saturated carbocycles. The molecule has 4 nitrogen and oxygen atoms in total. The van der Waals surface area contributed by atoms with E-state index in [1.54, 1.807) is 30.5 Å². The van der Waals surface area contributed by atoms with Gasteiger partial charge in [0.05, 0.1) is 12.7 Å². The van der Waals surface area contributed by atoms with Gasteiger partial charge in [-0.1, -0.05) is 17.7 Å². The lowest BCUT2D eigenvalue weighted by molar-refractivity contribution is 0.0697. The van der Waals surface area contributed by atoms with Crippen LogP contribution in [0.15, 0.2) is 36.5 Å². The van der Waals surface area contributed by atoms with Crippen LogP contribution >= 0.6 is 0 Å². The molecule has 1 aromatic heterocycles. The van der Waals surface area contributed by atoms with Crippen LogP contribution in [0.25, 0.3) is 11.3 Å². The fraction of sp³-hybridized carbons (Fsp3) is 0.143. The second kappa shape index (κ2) is 4.87. The van der Waals surface area contributed by atoms with E-state index in [0.29, 0.717) is 17.0 Å². The van der Waals surface area contributed by atoms with Gasteiger partial charge in [0.2, 0.25) is 0 Å². The topological polar surface area (TPSA) is 59.4 Å². The summed E-state index contributed by atoms with van der Waals surface area (Å²) < 4.78 is 5.21. The molecule has 0 fully saturated rings. The molecule has 0 spiro atoms. The Bertz CT molecular complexity index is 593. The van der Waals surface area contributed by atoms with E-state index in [9.17, 15) is 9.90 Å². The van der Waals surface area contributed by atoms with Gasteiger partial charge < -0.3 is 9.84 Å². The quantitative estimate of drug-likeness (QED) is 0.900. The van der Waals surface area contributed by atoms with Crippen molar-refractivity contribution in [3.05, 3.63) is 47.7 Å². The Kier molecular flexibility index (Phi) is 3.28. The molecule has 18 heavy (non-hydrogen) atoms. The molecule has 0 radical (unpaired) electrons. The minimum absolute atomic E-state index is 0.229. The zero-order chi connectivity index (χ0) is 13.1. The maximum Gasteiger partial charge on any atom is 0.336 e. The van der Waals surface area contributed by atoms with Gasteiger partial charge in [0.15, 0.2) is 0 Å². The van der Waals surface area contributed by atoms with Crippen LogP contribution in [0.2, 0.25) is 0 Å². The fourth-order valence-electron chi connectivity index (χ4n) is 1.80. The maximum absolute atomic E-state index is 11.3. The number of methoxy groups -OCH3 is 1. The first-order valence-electron chi connectivity index (χ1n) is 5.47. The van der Waals surface area contributed by atoms with Crippen molar-refractivity contribution >= 4 is 5.97 Å². The third-order valence-electron chi connectivity index (χ3n) is 2.65. The third kappa shape index (κ3) is 2.18. The molecule has 1 N–H and O–H groups in total. The van der Waals surface area contributed by atoms with Gasteiger partial charge >= 0.3 is 5.97 Å². The molecule has 1 aromatic carbocycles. The molecule has 0 unspecified atom stereocenters. The Morgan fingerprint density at radius 3 is 2.78 bits per heavy atom. The number of rotatable bonds is 3. The number of hydrogen-bond acceptors (Lipinski definition) is 3. The van der Waals surface area contributed by atoms with Crippen LogP contribution in [0.5, 0.6) is 5.75 Å². The summed E-state index contributed by atoms with van der Waals surface area (Å²) in [5, 5.41) is 9.25. The number of benzene rings is 1. The molecule has 0 aliphatic heterocycles. The van der Waals surface area contributed by atoms with Crippen LogP contribution in [-0.4, -0.2) is 23.2 Å². The molecule has 0 saturated heterocycles. The summed E-state index contributed by atoms with van der Waals surface area (Å²) in [5.41, 5.74) is 2.22. The van der Waals surface area contributed by atoms with Gasteiger partial charge in [-0.05, 0) is 25.1 Å². The lowest BCUT2D eigenvalue weighted by Crippen LogP contribution is -2.02. The Balaban J connectivity index is 2.67. The highest BCUT2D eigenvalue weighted by Crippen LogP contribution is 2.30. The van der Waals surface area contributed by atoms with Crippen LogP contribution < -0.4 is 4.74 Å². The molecular formula is C14H13NO3. The second-order valence-corrected chi connectivity index (χ2v) is 3.91. The van der Waals surface area contributed by atoms with Crippen LogP contribution in [-0.2, 0) is 0 Å².